The first-order chi connectivity index (χ1) is 8.13. The fourth-order valence-corrected chi connectivity index (χ4v) is 1.45. The number of aliphatic hydroxyl groups excluding tert-OH is 1. The molecule has 0 saturated carbocycles. The van der Waals surface area contributed by atoms with E-state index in [-0.39, 0.29) is 6.61 Å². The van der Waals surface area contributed by atoms with Crippen LogP contribution in [-0.4, -0.2) is 37.5 Å². The number of hydrogen-bond donors (Lipinski definition) is 3. The first kappa shape index (κ1) is 14.3. The van der Waals surface area contributed by atoms with Gasteiger partial charge in [-0.1, -0.05) is 11.6 Å². The Balaban J connectivity index is 2.31. The van der Waals surface area contributed by atoms with Crippen LogP contribution in [0.3, 0.4) is 0 Å². The number of halogens is 1. The maximum Gasteiger partial charge on any atom is 0.119 e. The molecule has 0 aliphatic rings. The molecule has 1 atom stereocenters. The van der Waals surface area contributed by atoms with Crippen molar-refractivity contribution in [1.29, 1.82) is 0 Å². The molecule has 17 heavy (non-hydrogen) atoms. The molecule has 0 spiro atoms. The molecule has 0 aromatic heterocycles. The molecule has 0 radical (unpaired) electrons. The molecular weight excluding hydrogens is 240 g/mol. The fourth-order valence-electron chi connectivity index (χ4n) is 1.33. The van der Waals surface area contributed by atoms with Crippen molar-refractivity contribution in [2.45, 2.75) is 13.0 Å². The molecule has 1 rings (SSSR count). The highest BCUT2D eigenvalue weighted by Crippen LogP contribution is 2.20. The number of nitrogens with one attached hydrogen (secondary N) is 1. The lowest BCUT2D eigenvalue weighted by atomic mass is 10.2. The van der Waals surface area contributed by atoms with Crippen LogP contribution in [0.25, 0.3) is 0 Å². The van der Waals surface area contributed by atoms with Gasteiger partial charge >= 0.3 is 0 Å². The summed E-state index contributed by atoms with van der Waals surface area (Å²) in [6, 6.07) is 5.42. The first-order valence-corrected chi connectivity index (χ1v) is 5.99. The Morgan fingerprint density at radius 1 is 1.53 bits per heavy atom. The first-order valence-electron chi connectivity index (χ1n) is 5.61. The van der Waals surface area contributed by atoms with Crippen LogP contribution in [0.5, 0.6) is 5.75 Å². The van der Waals surface area contributed by atoms with Gasteiger partial charge in [-0.15, -0.1) is 0 Å². The molecule has 0 aliphatic heterocycles. The average molecular weight is 259 g/mol. The third-order valence-corrected chi connectivity index (χ3v) is 2.70. The topological polar surface area (TPSA) is 67.5 Å². The summed E-state index contributed by atoms with van der Waals surface area (Å²) in [5.74, 6) is 0.713. The molecule has 1 aromatic rings. The van der Waals surface area contributed by atoms with Crippen LogP contribution < -0.4 is 15.8 Å². The zero-order valence-electron chi connectivity index (χ0n) is 9.95. The molecule has 96 valence electrons. The van der Waals surface area contributed by atoms with Crippen molar-refractivity contribution < 1.29 is 9.84 Å². The van der Waals surface area contributed by atoms with Crippen LogP contribution in [0.4, 0.5) is 0 Å². The van der Waals surface area contributed by atoms with Crippen LogP contribution in [0.15, 0.2) is 18.2 Å². The quantitative estimate of drug-likeness (QED) is 0.637. The molecular formula is C12H19ClN2O2. The van der Waals surface area contributed by atoms with Crippen LogP contribution >= 0.6 is 11.6 Å². The van der Waals surface area contributed by atoms with E-state index in [0.717, 1.165) is 5.56 Å². The predicted molar refractivity (Wildman–Crippen MR) is 69.6 cm³/mol. The number of ether oxygens (including phenoxy) is 1. The molecule has 0 amide bonds. The van der Waals surface area contributed by atoms with Gasteiger partial charge in [0.05, 0.1) is 0 Å². The minimum absolute atomic E-state index is 0.249. The zero-order chi connectivity index (χ0) is 12.7. The largest absolute Gasteiger partial charge is 0.491 e. The second-order valence-electron chi connectivity index (χ2n) is 3.87. The monoisotopic (exact) mass is 258 g/mol. The van der Waals surface area contributed by atoms with E-state index in [1.165, 1.54) is 0 Å². The highest BCUT2D eigenvalue weighted by Gasteiger charge is 2.05. The average Bonchev–Trinajstić information content (AvgIpc) is 2.31. The van der Waals surface area contributed by atoms with E-state index in [1.54, 1.807) is 12.1 Å². The van der Waals surface area contributed by atoms with Crippen LogP contribution in [0.2, 0.25) is 5.02 Å². The molecule has 0 aliphatic carbocycles. The Kier molecular flexibility index (Phi) is 6.29. The van der Waals surface area contributed by atoms with Gasteiger partial charge in [-0.05, 0) is 30.7 Å². The zero-order valence-corrected chi connectivity index (χ0v) is 10.7. The van der Waals surface area contributed by atoms with E-state index in [4.69, 9.17) is 22.1 Å². The Morgan fingerprint density at radius 2 is 2.29 bits per heavy atom. The van der Waals surface area contributed by atoms with Gasteiger partial charge in [0.2, 0.25) is 0 Å². The second-order valence-corrected chi connectivity index (χ2v) is 4.28. The number of rotatable bonds is 7. The smallest absolute Gasteiger partial charge is 0.119 e. The number of hydrogen-bond acceptors (Lipinski definition) is 4. The van der Waals surface area contributed by atoms with Gasteiger partial charge in [-0.25, -0.2) is 0 Å². The van der Waals surface area contributed by atoms with Gasteiger partial charge < -0.3 is 20.9 Å². The lowest BCUT2D eigenvalue weighted by Crippen LogP contribution is -2.34. The summed E-state index contributed by atoms with van der Waals surface area (Å²) in [6.45, 7) is 3.89. The third-order valence-electron chi connectivity index (χ3n) is 2.27. The Bertz CT molecular complexity index is 347. The molecule has 0 fully saturated rings. The highest BCUT2D eigenvalue weighted by molar-refractivity contribution is 6.31. The lowest BCUT2D eigenvalue weighted by Gasteiger charge is -2.13. The van der Waals surface area contributed by atoms with E-state index in [9.17, 15) is 5.11 Å². The Morgan fingerprint density at radius 3 is 2.94 bits per heavy atom. The molecule has 5 heteroatoms. The van der Waals surface area contributed by atoms with Crippen LogP contribution in [-0.2, 0) is 0 Å². The van der Waals surface area contributed by atoms with Gasteiger partial charge in [0, 0.05) is 24.7 Å². The number of aryl methyl sites for hydroxylation is 1. The fraction of sp³-hybridized carbons (Fsp3) is 0.500. The SMILES string of the molecule is Cc1cc(OCC(O)CNCCN)ccc1Cl. The van der Waals surface area contributed by atoms with Gasteiger partial charge in [0.25, 0.3) is 0 Å². The van der Waals surface area contributed by atoms with Crippen molar-refractivity contribution in [2.75, 3.05) is 26.2 Å². The van der Waals surface area contributed by atoms with Gasteiger partial charge in [-0.3, -0.25) is 0 Å². The van der Waals surface area contributed by atoms with Crippen molar-refractivity contribution in [3.8, 4) is 5.75 Å². The molecule has 0 saturated heterocycles. The summed E-state index contributed by atoms with van der Waals surface area (Å²) >= 11 is 5.90. The summed E-state index contributed by atoms with van der Waals surface area (Å²) in [6.07, 6.45) is -0.544. The maximum atomic E-state index is 9.61. The van der Waals surface area contributed by atoms with Crippen molar-refractivity contribution >= 4 is 11.6 Å². The molecule has 4 nitrogen and oxygen atoms in total. The molecule has 1 unspecified atom stereocenters. The summed E-state index contributed by atoms with van der Waals surface area (Å²) in [7, 11) is 0. The summed E-state index contributed by atoms with van der Waals surface area (Å²) in [4.78, 5) is 0. The molecule has 1 aromatic carbocycles. The maximum absolute atomic E-state index is 9.61. The van der Waals surface area contributed by atoms with E-state index in [1.807, 2.05) is 13.0 Å². The third kappa shape index (κ3) is 5.37. The van der Waals surface area contributed by atoms with Crippen molar-refractivity contribution in [2.24, 2.45) is 5.73 Å². The minimum atomic E-state index is -0.544. The van der Waals surface area contributed by atoms with Crippen molar-refractivity contribution in [3.05, 3.63) is 28.8 Å². The van der Waals surface area contributed by atoms with Crippen LogP contribution in [0, 0.1) is 6.92 Å². The van der Waals surface area contributed by atoms with Crippen LogP contribution in [0.1, 0.15) is 5.56 Å². The van der Waals surface area contributed by atoms with E-state index < -0.39 is 6.10 Å². The minimum Gasteiger partial charge on any atom is -0.491 e. The number of aliphatic hydroxyl groups is 1. The number of benzene rings is 1. The standard InChI is InChI=1S/C12H19ClN2O2/c1-9-6-11(2-3-12(9)13)17-8-10(16)7-15-5-4-14/h2-3,6,10,15-16H,4-5,7-8,14H2,1H3. The number of nitrogens with two attached hydrogens (primary N) is 1. The summed E-state index contributed by atoms with van der Waals surface area (Å²) in [5, 5.41) is 13.3. The summed E-state index contributed by atoms with van der Waals surface area (Å²) in [5.41, 5.74) is 6.28. The normalized spacial score (nSPS) is 12.5. The highest BCUT2D eigenvalue weighted by atomic mass is 35.5. The van der Waals surface area contributed by atoms with Crippen molar-refractivity contribution in [1.82, 2.24) is 5.32 Å². The van der Waals surface area contributed by atoms with Gasteiger partial charge in [-0.2, -0.15) is 0 Å². The molecule has 0 heterocycles. The van der Waals surface area contributed by atoms with E-state index in [2.05, 4.69) is 5.32 Å². The van der Waals surface area contributed by atoms with Gasteiger partial charge in [0.15, 0.2) is 0 Å². The second kappa shape index (κ2) is 7.50. The Labute approximate surface area is 107 Å². The molecule has 4 N–H and O–H groups in total. The molecule has 0 bridgehead atoms. The van der Waals surface area contributed by atoms with Gasteiger partial charge in [0.1, 0.15) is 18.5 Å². The Hall–Kier alpha value is -0.810. The van der Waals surface area contributed by atoms with Crippen molar-refractivity contribution in [3.63, 3.8) is 0 Å². The predicted octanol–water partition coefficient (Wildman–Crippen LogP) is 0.936. The van der Waals surface area contributed by atoms with E-state index in [0.29, 0.717) is 30.4 Å². The van der Waals surface area contributed by atoms with E-state index >= 15 is 0 Å². The summed E-state index contributed by atoms with van der Waals surface area (Å²) < 4.78 is 5.45. The lowest BCUT2D eigenvalue weighted by molar-refractivity contribution is 0.107.